The standard InChI is InChI=1S/C19H18Cl2O2/c1-4-19(2)15(11-8-6-5-7-9-11)12-10-13(23-3)16(20)17(21)14(12)18(19)22/h5-10,15H,4H2,1-3H3. The zero-order valence-electron chi connectivity index (χ0n) is 13.3. The van der Waals surface area contributed by atoms with E-state index in [1.165, 1.54) is 0 Å². The summed E-state index contributed by atoms with van der Waals surface area (Å²) < 4.78 is 5.34. The summed E-state index contributed by atoms with van der Waals surface area (Å²) in [5, 5.41) is 0.595. The Hall–Kier alpha value is -1.51. The van der Waals surface area contributed by atoms with E-state index in [0.29, 0.717) is 21.4 Å². The van der Waals surface area contributed by atoms with Gasteiger partial charge in [0.25, 0.3) is 0 Å². The van der Waals surface area contributed by atoms with E-state index in [2.05, 4.69) is 12.1 Å². The van der Waals surface area contributed by atoms with Crippen LogP contribution in [0.5, 0.6) is 5.75 Å². The molecule has 0 fully saturated rings. The lowest BCUT2D eigenvalue weighted by Crippen LogP contribution is -2.27. The molecule has 23 heavy (non-hydrogen) atoms. The monoisotopic (exact) mass is 348 g/mol. The number of ketones is 1. The zero-order chi connectivity index (χ0) is 16.8. The molecule has 0 bridgehead atoms. The molecule has 4 heteroatoms. The van der Waals surface area contributed by atoms with Gasteiger partial charge < -0.3 is 4.74 Å². The first-order valence-corrected chi connectivity index (χ1v) is 8.37. The lowest BCUT2D eigenvalue weighted by Gasteiger charge is -2.29. The first-order chi connectivity index (χ1) is 11.0. The summed E-state index contributed by atoms with van der Waals surface area (Å²) in [6, 6.07) is 11.9. The molecule has 0 aromatic heterocycles. The van der Waals surface area contributed by atoms with Gasteiger partial charge in [0.1, 0.15) is 10.8 Å². The van der Waals surface area contributed by atoms with Crippen molar-refractivity contribution >= 4 is 29.0 Å². The van der Waals surface area contributed by atoms with Gasteiger partial charge in [-0.1, -0.05) is 67.4 Å². The summed E-state index contributed by atoms with van der Waals surface area (Å²) in [5.41, 5.74) is 2.00. The molecule has 2 aromatic carbocycles. The predicted octanol–water partition coefficient (Wildman–Crippen LogP) is 5.75. The fourth-order valence-corrected chi connectivity index (χ4v) is 4.06. The number of ether oxygens (including phenoxy) is 1. The Morgan fingerprint density at radius 3 is 2.39 bits per heavy atom. The van der Waals surface area contributed by atoms with Gasteiger partial charge in [0.2, 0.25) is 0 Å². The highest BCUT2D eigenvalue weighted by molar-refractivity contribution is 6.45. The largest absolute Gasteiger partial charge is 0.495 e. The number of carbonyl (C=O) groups is 1. The minimum absolute atomic E-state index is 0.0541. The van der Waals surface area contributed by atoms with E-state index in [-0.39, 0.29) is 11.7 Å². The van der Waals surface area contributed by atoms with Gasteiger partial charge in [-0.25, -0.2) is 0 Å². The minimum Gasteiger partial charge on any atom is -0.495 e. The maximum atomic E-state index is 13.1. The maximum absolute atomic E-state index is 13.1. The Kier molecular flexibility index (Phi) is 4.16. The maximum Gasteiger partial charge on any atom is 0.171 e. The molecule has 0 radical (unpaired) electrons. The number of fused-ring (bicyclic) bond motifs is 1. The predicted molar refractivity (Wildman–Crippen MR) is 94.0 cm³/mol. The molecule has 2 aromatic rings. The van der Waals surface area contributed by atoms with Crippen LogP contribution < -0.4 is 4.74 Å². The van der Waals surface area contributed by atoms with E-state index in [9.17, 15) is 4.79 Å². The van der Waals surface area contributed by atoms with Crippen molar-refractivity contribution < 1.29 is 9.53 Å². The number of halogens is 2. The molecule has 0 saturated heterocycles. The third kappa shape index (κ3) is 2.28. The number of hydrogen-bond acceptors (Lipinski definition) is 2. The smallest absolute Gasteiger partial charge is 0.171 e. The molecule has 2 nitrogen and oxygen atoms in total. The van der Waals surface area contributed by atoms with Crippen LogP contribution in [0.2, 0.25) is 10.0 Å². The molecule has 0 amide bonds. The Morgan fingerprint density at radius 1 is 1.17 bits per heavy atom. The fraction of sp³-hybridized carbons (Fsp3) is 0.316. The molecule has 0 N–H and O–H groups in total. The lowest BCUT2D eigenvalue weighted by molar-refractivity contribution is 0.0817. The van der Waals surface area contributed by atoms with Gasteiger partial charge in [0.15, 0.2) is 5.78 Å². The van der Waals surface area contributed by atoms with Crippen molar-refractivity contribution in [2.45, 2.75) is 26.2 Å². The lowest BCUT2D eigenvalue weighted by atomic mass is 9.72. The second-order valence-corrected chi connectivity index (χ2v) is 6.87. The van der Waals surface area contributed by atoms with Gasteiger partial charge in [0.05, 0.1) is 12.1 Å². The summed E-state index contributed by atoms with van der Waals surface area (Å²) in [4.78, 5) is 13.1. The molecule has 2 unspecified atom stereocenters. The van der Waals surface area contributed by atoms with E-state index in [1.807, 2.05) is 38.1 Å². The van der Waals surface area contributed by atoms with Crippen LogP contribution in [0.1, 0.15) is 47.7 Å². The Bertz CT molecular complexity index is 771. The average Bonchev–Trinajstić information content (AvgIpc) is 2.80. The first kappa shape index (κ1) is 16.4. The number of Topliss-reactive ketones (excluding diaryl/α,β-unsaturated/α-hetero) is 1. The van der Waals surface area contributed by atoms with Crippen LogP contribution in [-0.2, 0) is 0 Å². The normalized spacial score (nSPS) is 23.0. The Labute approximate surface area is 146 Å². The quantitative estimate of drug-likeness (QED) is 0.706. The van der Waals surface area contributed by atoms with Crippen molar-refractivity contribution in [3.63, 3.8) is 0 Å². The van der Waals surface area contributed by atoms with E-state index in [1.54, 1.807) is 7.11 Å². The number of rotatable bonds is 3. The molecule has 0 saturated carbocycles. The number of hydrogen-bond donors (Lipinski definition) is 0. The summed E-state index contributed by atoms with van der Waals surface area (Å²) in [6.45, 7) is 4.04. The van der Waals surface area contributed by atoms with Crippen LogP contribution in [0.15, 0.2) is 36.4 Å². The Balaban J connectivity index is 2.33. The topological polar surface area (TPSA) is 26.3 Å². The summed E-state index contributed by atoms with van der Waals surface area (Å²) in [7, 11) is 1.55. The SMILES string of the molecule is CCC1(C)C(=O)c2c(cc(OC)c(Cl)c2Cl)C1c1ccccc1. The fourth-order valence-electron chi connectivity index (χ4n) is 3.55. The molecule has 0 spiro atoms. The average molecular weight is 349 g/mol. The highest BCUT2D eigenvalue weighted by Gasteiger charge is 2.50. The van der Waals surface area contributed by atoms with E-state index >= 15 is 0 Å². The molecule has 3 rings (SSSR count). The van der Waals surface area contributed by atoms with Crippen molar-refractivity contribution in [2.24, 2.45) is 5.41 Å². The molecular formula is C19H18Cl2O2. The second kappa shape index (κ2) is 5.85. The zero-order valence-corrected chi connectivity index (χ0v) is 14.8. The van der Waals surface area contributed by atoms with Crippen LogP contribution in [-0.4, -0.2) is 12.9 Å². The number of carbonyl (C=O) groups excluding carboxylic acids is 1. The van der Waals surface area contributed by atoms with Gasteiger partial charge in [-0.15, -0.1) is 0 Å². The van der Waals surface area contributed by atoms with Crippen molar-refractivity contribution in [3.05, 3.63) is 63.1 Å². The van der Waals surface area contributed by atoms with Crippen LogP contribution >= 0.6 is 23.2 Å². The van der Waals surface area contributed by atoms with Crippen molar-refractivity contribution in [2.75, 3.05) is 7.11 Å². The third-order valence-electron chi connectivity index (χ3n) is 4.98. The highest BCUT2D eigenvalue weighted by atomic mass is 35.5. The summed E-state index contributed by atoms with van der Waals surface area (Å²) >= 11 is 12.7. The van der Waals surface area contributed by atoms with Gasteiger partial charge in [0, 0.05) is 16.9 Å². The van der Waals surface area contributed by atoms with Gasteiger partial charge in [-0.3, -0.25) is 4.79 Å². The highest BCUT2D eigenvalue weighted by Crippen LogP contribution is 2.56. The third-order valence-corrected chi connectivity index (χ3v) is 5.83. The number of benzene rings is 2. The minimum atomic E-state index is -0.539. The molecule has 2 atom stereocenters. The van der Waals surface area contributed by atoms with Gasteiger partial charge in [-0.2, -0.15) is 0 Å². The van der Waals surface area contributed by atoms with E-state index in [4.69, 9.17) is 27.9 Å². The van der Waals surface area contributed by atoms with Crippen LogP contribution in [0.4, 0.5) is 0 Å². The number of methoxy groups -OCH3 is 1. The molecular weight excluding hydrogens is 331 g/mol. The van der Waals surface area contributed by atoms with Crippen LogP contribution in [0.3, 0.4) is 0 Å². The molecule has 0 heterocycles. The molecule has 120 valence electrons. The van der Waals surface area contributed by atoms with E-state index in [0.717, 1.165) is 17.5 Å². The molecule has 1 aliphatic carbocycles. The van der Waals surface area contributed by atoms with Crippen LogP contribution in [0, 0.1) is 5.41 Å². The van der Waals surface area contributed by atoms with Crippen LogP contribution in [0.25, 0.3) is 0 Å². The van der Waals surface area contributed by atoms with Crippen molar-refractivity contribution in [3.8, 4) is 5.75 Å². The summed E-state index contributed by atoms with van der Waals surface area (Å²) in [6.07, 6.45) is 0.719. The van der Waals surface area contributed by atoms with Gasteiger partial charge >= 0.3 is 0 Å². The Morgan fingerprint density at radius 2 is 1.83 bits per heavy atom. The second-order valence-electron chi connectivity index (χ2n) is 6.11. The van der Waals surface area contributed by atoms with Gasteiger partial charge in [-0.05, 0) is 23.6 Å². The molecule has 0 aliphatic heterocycles. The van der Waals surface area contributed by atoms with Crippen molar-refractivity contribution in [1.82, 2.24) is 0 Å². The summed E-state index contributed by atoms with van der Waals surface area (Å²) in [5.74, 6) is 0.503. The van der Waals surface area contributed by atoms with Crippen molar-refractivity contribution in [1.29, 1.82) is 0 Å². The molecule has 1 aliphatic rings. The van der Waals surface area contributed by atoms with E-state index < -0.39 is 5.41 Å². The first-order valence-electron chi connectivity index (χ1n) is 7.61.